The van der Waals surface area contributed by atoms with Gasteiger partial charge >= 0.3 is 17.8 Å². The van der Waals surface area contributed by atoms with E-state index in [1.165, 1.54) is 0 Å². The molecule has 3 nitrogen and oxygen atoms in total. The van der Waals surface area contributed by atoms with Crippen molar-refractivity contribution in [1.29, 1.82) is 0 Å². The van der Waals surface area contributed by atoms with Crippen molar-refractivity contribution in [2.45, 2.75) is 25.2 Å². The summed E-state index contributed by atoms with van der Waals surface area (Å²) in [6.07, 6.45) is 0. The molecule has 10 heavy (non-hydrogen) atoms. The standard InChI is InChI=1S/C4H16O3Si3/c1-9(5)7-10(2,6)4-3-8/h5-6,9H,3-4H2,1-2,8H3. The SMILES string of the molecule is C[SiH](O)O[Si](C)(O)CC[SiH3]. The topological polar surface area (TPSA) is 49.7 Å². The van der Waals surface area contributed by atoms with Crippen LogP contribution in [-0.2, 0) is 4.12 Å². The number of hydrogen-bond acceptors (Lipinski definition) is 3. The van der Waals surface area contributed by atoms with Crippen LogP contribution in [0.4, 0.5) is 0 Å². The molecule has 2 N–H and O–H groups in total. The minimum absolute atomic E-state index is 0.775. The molecule has 0 aromatic heterocycles. The van der Waals surface area contributed by atoms with Gasteiger partial charge in [-0.1, -0.05) is 6.04 Å². The Morgan fingerprint density at radius 3 is 2.50 bits per heavy atom. The molecule has 0 saturated carbocycles. The van der Waals surface area contributed by atoms with Gasteiger partial charge in [-0.25, -0.2) is 0 Å². The Morgan fingerprint density at radius 1 is 1.70 bits per heavy atom. The van der Waals surface area contributed by atoms with Gasteiger partial charge in [0.05, 0.1) is 0 Å². The molecule has 0 radical (unpaired) electrons. The van der Waals surface area contributed by atoms with E-state index in [4.69, 9.17) is 8.91 Å². The van der Waals surface area contributed by atoms with Gasteiger partial charge in [0.2, 0.25) is 0 Å². The zero-order valence-corrected chi connectivity index (χ0v) is 10.9. The van der Waals surface area contributed by atoms with E-state index in [9.17, 15) is 4.80 Å². The molecule has 0 fully saturated rings. The van der Waals surface area contributed by atoms with E-state index in [0.29, 0.717) is 0 Å². The molecule has 0 aliphatic heterocycles. The molecule has 2 atom stereocenters. The molecule has 0 aromatic rings. The van der Waals surface area contributed by atoms with E-state index in [1.54, 1.807) is 13.1 Å². The normalized spacial score (nSPS) is 20.4. The maximum absolute atomic E-state index is 9.50. The second kappa shape index (κ2) is 4.42. The summed E-state index contributed by atoms with van der Waals surface area (Å²) in [5.74, 6) is 0. The van der Waals surface area contributed by atoms with Gasteiger partial charge in [0.1, 0.15) is 0 Å². The lowest BCUT2D eigenvalue weighted by Crippen LogP contribution is -2.39. The van der Waals surface area contributed by atoms with Crippen molar-refractivity contribution >= 4 is 28.1 Å². The Kier molecular flexibility index (Phi) is 4.65. The van der Waals surface area contributed by atoms with Crippen molar-refractivity contribution in [2.75, 3.05) is 0 Å². The largest absolute Gasteiger partial charge is 0.417 e. The van der Waals surface area contributed by atoms with Crippen molar-refractivity contribution in [3.05, 3.63) is 0 Å². The zero-order valence-electron chi connectivity index (χ0n) is 6.79. The lowest BCUT2D eigenvalue weighted by atomic mass is 11.0. The van der Waals surface area contributed by atoms with Crippen LogP contribution >= 0.6 is 0 Å². The summed E-state index contributed by atoms with van der Waals surface area (Å²) < 4.78 is 5.09. The van der Waals surface area contributed by atoms with Crippen molar-refractivity contribution < 1.29 is 13.7 Å². The molecule has 2 unspecified atom stereocenters. The molecule has 0 saturated heterocycles. The van der Waals surface area contributed by atoms with Gasteiger partial charge in [-0.3, -0.25) is 0 Å². The van der Waals surface area contributed by atoms with Crippen molar-refractivity contribution in [2.24, 2.45) is 0 Å². The van der Waals surface area contributed by atoms with Crippen LogP contribution in [0.1, 0.15) is 0 Å². The lowest BCUT2D eigenvalue weighted by Gasteiger charge is -2.21. The highest BCUT2D eigenvalue weighted by Crippen LogP contribution is 2.09. The molecule has 0 aromatic carbocycles. The van der Waals surface area contributed by atoms with E-state index in [0.717, 1.165) is 22.3 Å². The summed E-state index contributed by atoms with van der Waals surface area (Å²) in [7, 11) is -3.32. The molecule has 6 heteroatoms. The Bertz CT molecular complexity index is 95.7. The minimum Gasteiger partial charge on any atom is -0.417 e. The summed E-state index contributed by atoms with van der Waals surface area (Å²) in [6.45, 7) is 3.40. The highest BCUT2D eigenvalue weighted by molar-refractivity contribution is 6.71. The summed E-state index contributed by atoms with van der Waals surface area (Å²) in [5, 5.41) is 0. The van der Waals surface area contributed by atoms with Crippen LogP contribution < -0.4 is 0 Å². The Labute approximate surface area is 67.6 Å². The Hall–Kier alpha value is 0.531. The maximum atomic E-state index is 9.50. The first-order valence-electron chi connectivity index (χ1n) is 3.56. The van der Waals surface area contributed by atoms with E-state index in [2.05, 4.69) is 0 Å². The van der Waals surface area contributed by atoms with E-state index in [-0.39, 0.29) is 0 Å². The quantitative estimate of drug-likeness (QED) is 0.549. The maximum Gasteiger partial charge on any atom is 0.322 e. The van der Waals surface area contributed by atoms with Gasteiger partial charge in [-0.15, -0.1) is 0 Å². The first-order valence-corrected chi connectivity index (χ1v) is 9.68. The second-order valence-electron chi connectivity index (χ2n) is 2.64. The first kappa shape index (κ1) is 10.5. The van der Waals surface area contributed by atoms with E-state index in [1.807, 2.05) is 0 Å². The molecule has 0 heterocycles. The number of rotatable bonds is 4. The van der Waals surface area contributed by atoms with Gasteiger partial charge < -0.3 is 13.7 Å². The summed E-state index contributed by atoms with van der Waals surface area (Å²) in [6, 6.07) is 1.83. The molecular formula is C4H16O3Si3. The van der Waals surface area contributed by atoms with Gasteiger partial charge in [0, 0.05) is 10.2 Å². The molecular weight excluding hydrogens is 180 g/mol. The smallest absolute Gasteiger partial charge is 0.322 e. The second-order valence-corrected chi connectivity index (χ2v) is 8.63. The summed E-state index contributed by atoms with van der Waals surface area (Å²) in [5.41, 5.74) is 0. The van der Waals surface area contributed by atoms with Crippen LogP contribution in [0.5, 0.6) is 0 Å². The monoisotopic (exact) mass is 196 g/mol. The van der Waals surface area contributed by atoms with Gasteiger partial charge in [-0.05, 0) is 19.1 Å². The fourth-order valence-corrected chi connectivity index (χ4v) is 8.01. The van der Waals surface area contributed by atoms with Crippen molar-refractivity contribution in [3.63, 3.8) is 0 Å². The van der Waals surface area contributed by atoms with Crippen LogP contribution in [0.15, 0.2) is 0 Å². The van der Waals surface area contributed by atoms with Crippen LogP contribution in [-0.4, -0.2) is 37.7 Å². The predicted octanol–water partition coefficient (Wildman–Crippen LogP) is -1.31. The average Bonchev–Trinajstić information content (AvgIpc) is 1.59. The fourth-order valence-electron chi connectivity index (χ4n) is 0.890. The third-order valence-corrected chi connectivity index (χ3v) is 7.46. The fraction of sp³-hybridized carbons (Fsp3) is 1.00. The van der Waals surface area contributed by atoms with Crippen LogP contribution in [0, 0.1) is 0 Å². The molecule has 0 bridgehead atoms. The minimum atomic E-state index is -2.42. The first-order chi connectivity index (χ1) is 4.48. The molecule has 0 rings (SSSR count). The highest BCUT2D eigenvalue weighted by atomic mass is 28.4. The molecule has 0 spiro atoms. The van der Waals surface area contributed by atoms with Crippen molar-refractivity contribution in [3.8, 4) is 0 Å². The zero-order chi connectivity index (χ0) is 8.20. The third-order valence-electron chi connectivity index (χ3n) is 1.14. The van der Waals surface area contributed by atoms with Gasteiger partial charge in [0.25, 0.3) is 0 Å². The molecule has 0 amide bonds. The average molecular weight is 196 g/mol. The van der Waals surface area contributed by atoms with Crippen molar-refractivity contribution in [1.82, 2.24) is 0 Å². The molecule has 0 aliphatic rings. The Morgan fingerprint density at radius 2 is 2.20 bits per heavy atom. The van der Waals surface area contributed by atoms with Crippen LogP contribution in [0.2, 0.25) is 25.2 Å². The summed E-state index contributed by atoms with van der Waals surface area (Å²) in [4.78, 5) is 18.4. The molecule has 0 aliphatic carbocycles. The van der Waals surface area contributed by atoms with Crippen LogP contribution in [0.25, 0.3) is 0 Å². The third kappa shape index (κ3) is 5.33. The molecule has 62 valence electrons. The van der Waals surface area contributed by atoms with E-state index >= 15 is 0 Å². The predicted molar refractivity (Wildman–Crippen MR) is 49.7 cm³/mol. The Balaban J connectivity index is 3.63. The van der Waals surface area contributed by atoms with E-state index < -0.39 is 17.8 Å². The lowest BCUT2D eigenvalue weighted by molar-refractivity contribution is 0.336. The van der Waals surface area contributed by atoms with Gasteiger partial charge in [0.15, 0.2) is 0 Å². The summed E-state index contributed by atoms with van der Waals surface area (Å²) >= 11 is 0. The highest BCUT2D eigenvalue weighted by Gasteiger charge is 2.27. The van der Waals surface area contributed by atoms with Gasteiger partial charge in [-0.2, -0.15) is 0 Å². The van der Waals surface area contributed by atoms with Crippen LogP contribution in [0.3, 0.4) is 0 Å². The number of hydrogen-bond donors (Lipinski definition) is 2.